The highest BCUT2D eigenvalue weighted by Crippen LogP contribution is 2.28. The molecule has 122 valence electrons. The zero-order chi connectivity index (χ0) is 16.5. The number of nitrogens with one attached hydrogen (secondary N) is 1. The van der Waals surface area contributed by atoms with Crippen LogP contribution in [0.25, 0.3) is 22.2 Å². The van der Waals surface area contributed by atoms with Gasteiger partial charge in [-0.05, 0) is 42.2 Å². The summed E-state index contributed by atoms with van der Waals surface area (Å²) in [6.07, 6.45) is 3.94. The minimum Gasteiger partial charge on any atom is -0.497 e. The van der Waals surface area contributed by atoms with Crippen LogP contribution in [0.2, 0.25) is 0 Å². The van der Waals surface area contributed by atoms with Crippen molar-refractivity contribution in [1.29, 1.82) is 0 Å². The number of aromatic amines is 1. The van der Waals surface area contributed by atoms with Crippen molar-refractivity contribution in [1.82, 2.24) is 15.0 Å². The number of methoxy groups -OCH3 is 1. The molecule has 3 aromatic rings. The number of aromatic nitrogens is 3. The van der Waals surface area contributed by atoms with Crippen LogP contribution < -0.4 is 15.2 Å². The molecule has 6 nitrogen and oxygen atoms in total. The van der Waals surface area contributed by atoms with Crippen LogP contribution in [0.1, 0.15) is 12.8 Å². The maximum atomic E-state index is 12.7. The third-order valence-electron chi connectivity index (χ3n) is 4.38. The lowest BCUT2D eigenvalue weighted by atomic mass is 10.0. The molecule has 24 heavy (non-hydrogen) atoms. The fourth-order valence-electron chi connectivity index (χ4n) is 3.16. The Balaban J connectivity index is 1.89. The van der Waals surface area contributed by atoms with E-state index in [0.717, 1.165) is 42.8 Å². The number of rotatable bonds is 3. The van der Waals surface area contributed by atoms with Crippen LogP contribution in [0.4, 0.5) is 5.95 Å². The van der Waals surface area contributed by atoms with Gasteiger partial charge in [-0.3, -0.25) is 9.78 Å². The van der Waals surface area contributed by atoms with E-state index in [1.54, 1.807) is 13.3 Å². The fraction of sp³-hybridized carbons (Fsp3) is 0.278. The van der Waals surface area contributed by atoms with Crippen molar-refractivity contribution < 1.29 is 4.74 Å². The maximum absolute atomic E-state index is 12.7. The van der Waals surface area contributed by atoms with Crippen LogP contribution in [0.3, 0.4) is 0 Å². The Morgan fingerprint density at radius 1 is 1.21 bits per heavy atom. The monoisotopic (exact) mass is 322 g/mol. The summed E-state index contributed by atoms with van der Waals surface area (Å²) in [7, 11) is 1.63. The standard InChI is InChI=1S/C18H18N4O2/c1-24-13-6-4-5-12(11-13)14-7-8-19-16-15(14)17(23)21-18(20-16)22-9-2-3-10-22/h4-8,11H,2-3,9-10H2,1H3,(H,19,20,21,23). The number of fused-ring (bicyclic) bond motifs is 1. The van der Waals surface area contributed by atoms with Crippen LogP contribution in [-0.4, -0.2) is 35.2 Å². The Hall–Kier alpha value is -2.89. The lowest BCUT2D eigenvalue weighted by molar-refractivity contribution is 0.415. The van der Waals surface area contributed by atoms with Crippen molar-refractivity contribution in [3.8, 4) is 16.9 Å². The number of benzene rings is 1. The summed E-state index contributed by atoms with van der Waals surface area (Å²) in [6.45, 7) is 1.84. The first-order valence-corrected chi connectivity index (χ1v) is 8.04. The van der Waals surface area contributed by atoms with Crippen molar-refractivity contribution in [3.63, 3.8) is 0 Å². The van der Waals surface area contributed by atoms with Gasteiger partial charge in [0.25, 0.3) is 5.56 Å². The second-order valence-corrected chi connectivity index (χ2v) is 5.87. The highest BCUT2D eigenvalue weighted by molar-refractivity contribution is 5.92. The lowest BCUT2D eigenvalue weighted by Gasteiger charge is -2.16. The van der Waals surface area contributed by atoms with Crippen LogP contribution in [0.5, 0.6) is 5.75 Å². The molecule has 0 amide bonds. The van der Waals surface area contributed by atoms with Gasteiger partial charge in [0, 0.05) is 19.3 Å². The number of ether oxygens (including phenoxy) is 1. The first-order chi connectivity index (χ1) is 11.8. The molecule has 0 bridgehead atoms. The van der Waals surface area contributed by atoms with Crippen molar-refractivity contribution in [2.45, 2.75) is 12.8 Å². The van der Waals surface area contributed by atoms with Gasteiger partial charge in [0.05, 0.1) is 12.5 Å². The first-order valence-electron chi connectivity index (χ1n) is 8.04. The summed E-state index contributed by atoms with van der Waals surface area (Å²) in [5.41, 5.74) is 2.03. The number of hydrogen-bond donors (Lipinski definition) is 1. The molecule has 2 aromatic heterocycles. The van der Waals surface area contributed by atoms with E-state index in [2.05, 4.69) is 19.9 Å². The SMILES string of the molecule is COc1cccc(-c2ccnc3nc(N4CCCC4)[nH]c(=O)c23)c1. The molecule has 1 fully saturated rings. The Labute approximate surface area is 139 Å². The number of hydrogen-bond acceptors (Lipinski definition) is 5. The van der Waals surface area contributed by atoms with Gasteiger partial charge >= 0.3 is 0 Å². The molecule has 0 spiro atoms. The molecule has 0 saturated carbocycles. The zero-order valence-electron chi connectivity index (χ0n) is 13.5. The summed E-state index contributed by atoms with van der Waals surface area (Å²) >= 11 is 0. The average Bonchev–Trinajstić information content (AvgIpc) is 3.16. The summed E-state index contributed by atoms with van der Waals surface area (Å²) in [4.78, 5) is 26.6. The number of H-pyrrole nitrogens is 1. The largest absolute Gasteiger partial charge is 0.497 e. The predicted molar refractivity (Wildman–Crippen MR) is 93.6 cm³/mol. The van der Waals surface area contributed by atoms with Gasteiger partial charge in [0.2, 0.25) is 5.95 Å². The van der Waals surface area contributed by atoms with Crippen LogP contribution >= 0.6 is 0 Å². The van der Waals surface area contributed by atoms with Crippen molar-refractivity contribution in [2.75, 3.05) is 25.1 Å². The normalized spacial score (nSPS) is 14.3. The predicted octanol–water partition coefficient (Wildman–Crippen LogP) is 2.59. The average molecular weight is 322 g/mol. The molecule has 4 rings (SSSR count). The molecule has 1 aliphatic heterocycles. The summed E-state index contributed by atoms with van der Waals surface area (Å²) in [5.74, 6) is 1.36. The Kier molecular flexibility index (Phi) is 3.65. The third-order valence-corrected chi connectivity index (χ3v) is 4.38. The number of anilines is 1. The van der Waals surface area contributed by atoms with Gasteiger partial charge in [-0.15, -0.1) is 0 Å². The summed E-state index contributed by atoms with van der Waals surface area (Å²) in [5, 5.41) is 0.508. The Bertz CT molecular complexity index is 945. The van der Waals surface area contributed by atoms with Gasteiger partial charge in [0.1, 0.15) is 5.75 Å². The number of pyridine rings is 1. The van der Waals surface area contributed by atoms with Crippen molar-refractivity contribution >= 4 is 17.0 Å². The molecule has 1 aromatic carbocycles. The van der Waals surface area contributed by atoms with Gasteiger partial charge in [-0.2, -0.15) is 4.98 Å². The second kappa shape index (κ2) is 5.96. The van der Waals surface area contributed by atoms with E-state index in [1.165, 1.54) is 0 Å². The minimum atomic E-state index is -0.159. The molecule has 0 radical (unpaired) electrons. The third kappa shape index (κ3) is 2.50. The van der Waals surface area contributed by atoms with Gasteiger partial charge < -0.3 is 9.64 Å². The van der Waals surface area contributed by atoms with E-state index in [-0.39, 0.29) is 5.56 Å². The van der Waals surface area contributed by atoms with Crippen LogP contribution in [-0.2, 0) is 0 Å². The summed E-state index contributed by atoms with van der Waals surface area (Å²) in [6, 6.07) is 9.47. The Morgan fingerprint density at radius 3 is 2.83 bits per heavy atom. The van der Waals surface area contributed by atoms with Gasteiger partial charge in [-0.25, -0.2) is 4.98 Å². The highest BCUT2D eigenvalue weighted by Gasteiger charge is 2.17. The quantitative estimate of drug-likeness (QED) is 0.802. The van der Waals surface area contributed by atoms with E-state index < -0.39 is 0 Å². The molecule has 1 N–H and O–H groups in total. The molecular formula is C18H18N4O2. The van der Waals surface area contributed by atoms with E-state index in [4.69, 9.17) is 4.74 Å². The molecule has 3 heterocycles. The number of nitrogens with zero attached hydrogens (tertiary/aromatic N) is 3. The van der Waals surface area contributed by atoms with E-state index in [9.17, 15) is 4.79 Å². The molecule has 0 unspecified atom stereocenters. The Morgan fingerprint density at radius 2 is 2.04 bits per heavy atom. The van der Waals surface area contributed by atoms with Crippen molar-refractivity contribution in [2.24, 2.45) is 0 Å². The van der Waals surface area contributed by atoms with Crippen LogP contribution in [0.15, 0.2) is 41.3 Å². The molecule has 1 aliphatic rings. The van der Waals surface area contributed by atoms with E-state index in [0.29, 0.717) is 17.0 Å². The minimum absolute atomic E-state index is 0.159. The molecule has 0 atom stereocenters. The smallest absolute Gasteiger partial charge is 0.262 e. The zero-order valence-corrected chi connectivity index (χ0v) is 13.5. The second-order valence-electron chi connectivity index (χ2n) is 5.87. The maximum Gasteiger partial charge on any atom is 0.262 e. The first kappa shape index (κ1) is 14.7. The summed E-state index contributed by atoms with van der Waals surface area (Å²) < 4.78 is 5.28. The van der Waals surface area contributed by atoms with E-state index in [1.807, 2.05) is 30.3 Å². The fourth-order valence-corrected chi connectivity index (χ4v) is 3.16. The van der Waals surface area contributed by atoms with E-state index >= 15 is 0 Å². The molecular weight excluding hydrogens is 304 g/mol. The highest BCUT2D eigenvalue weighted by atomic mass is 16.5. The van der Waals surface area contributed by atoms with Crippen LogP contribution in [0, 0.1) is 0 Å². The molecule has 0 aliphatic carbocycles. The van der Waals surface area contributed by atoms with Gasteiger partial charge in [-0.1, -0.05) is 12.1 Å². The van der Waals surface area contributed by atoms with Crippen molar-refractivity contribution in [3.05, 3.63) is 46.9 Å². The van der Waals surface area contributed by atoms with Gasteiger partial charge in [0.15, 0.2) is 5.65 Å². The lowest BCUT2D eigenvalue weighted by Crippen LogP contribution is -2.24. The molecule has 1 saturated heterocycles. The molecule has 6 heteroatoms. The topological polar surface area (TPSA) is 71.1 Å².